The van der Waals surface area contributed by atoms with Crippen molar-refractivity contribution in [2.45, 2.75) is 44.9 Å². The lowest BCUT2D eigenvalue weighted by atomic mass is 9.77. The van der Waals surface area contributed by atoms with Gasteiger partial charge in [0.25, 0.3) is 0 Å². The predicted molar refractivity (Wildman–Crippen MR) is 109 cm³/mol. The first-order valence-electron chi connectivity index (χ1n) is 10.1. The Kier molecular flexibility index (Phi) is 6.20. The minimum atomic E-state index is -0.836. The normalized spacial score (nSPS) is 18.3. The van der Waals surface area contributed by atoms with Crippen LogP contribution in [0.4, 0.5) is 5.69 Å². The second-order valence-corrected chi connectivity index (χ2v) is 7.93. The van der Waals surface area contributed by atoms with Crippen LogP contribution in [-0.2, 0) is 14.4 Å². The number of unbranched alkanes of at least 4 members (excludes halogenated alkanes) is 1. The maximum atomic E-state index is 13.2. The van der Waals surface area contributed by atoms with E-state index in [-0.39, 0.29) is 24.1 Å². The number of nitrogen functional groups attached to an aromatic ring is 1. The number of nitrogens with one attached hydrogen (secondary N) is 1. The van der Waals surface area contributed by atoms with E-state index in [4.69, 9.17) is 16.2 Å². The number of amides is 2. The molecule has 0 radical (unpaired) electrons. The topological polar surface area (TPSA) is 128 Å². The predicted octanol–water partition coefficient (Wildman–Crippen LogP) is 1.96. The third-order valence-electron chi connectivity index (χ3n) is 6.11. The molecule has 8 heteroatoms. The summed E-state index contributed by atoms with van der Waals surface area (Å²) in [5.41, 5.74) is 6.53. The molecule has 2 aliphatic rings. The monoisotopic (exact) mass is 400 g/mol. The molecule has 4 N–H and O–H groups in total. The molecular formula is C21H28N4O4. The van der Waals surface area contributed by atoms with E-state index in [0.717, 1.165) is 12.1 Å². The number of nitrogens with two attached hydrogens (primary N) is 1. The number of piperidine rings is 1. The molecule has 0 saturated carbocycles. The molecule has 0 atom stereocenters. The Bertz CT molecular complexity index is 797. The fourth-order valence-corrected chi connectivity index (χ4v) is 4.25. The van der Waals surface area contributed by atoms with Crippen molar-refractivity contribution in [1.29, 1.82) is 5.41 Å². The second-order valence-electron chi connectivity index (χ2n) is 7.93. The molecule has 0 bridgehead atoms. The van der Waals surface area contributed by atoms with Crippen molar-refractivity contribution >= 4 is 29.3 Å². The number of likely N-dealkylation sites (tertiary alicyclic amines) is 1. The molecular weight excluding hydrogens is 372 g/mol. The van der Waals surface area contributed by atoms with Crippen molar-refractivity contribution < 1.29 is 19.5 Å². The molecule has 8 nitrogen and oxygen atoms in total. The van der Waals surface area contributed by atoms with Crippen molar-refractivity contribution in [3.8, 4) is 0 Å². The molecule has 1 aromatic carbocycles. The number of aliphatic carboxylic acids is 1. The number of nitrogens with zero attached hydrogens (tertiary/aromatic N) is 2. The summed E-state index contributed by atoms with van der Waals surface area (Å²) in [5, 5.41) is 16.1. The summed E-state index contributed by atoms with van der Waals surface area (Å²) in [6, 6.07) is 7.15. The molecule has 2 aliphatic heterocycles. The standard InChI is InChI=1S/C21H28N4O4/c22-19(23)15-5-7-16(8-6-15)25-14-11-21(20(25)29)9-12-24(13-10-21)17(26)3-1-2-4-18(27)28/h5-8H,1-4,9-14H2,(H3,22,23)(H,27,28). The first-order valence-corrected chi connectivity index (χ1v) is 10.1. The number of hydrogen-bond acceptors (Lipinski definition) is 4. The number of carbonyl (C=O) groups is 3. The lowest BCUT2D eigenvalue weighted by molar-refractivity contribution is -0.138. The number of carboxylic acids is 1. The van der Waals surface area contributed by atoms with Crippen LogP contribution in [0.25, 0.3) is 0 Å². The van der Waals surface area contributed by atoms with Gasteiger partial charge in [-0.1, -0.05) is 0 Å². The molecule has 2 fully saturated rings. The number of anilines is 1. The summed E-state index contributed by atoms with van der Waals surface area (Å²) in [5.74, 6) is -0.674. The highest BCUT2D eigenvalue weighted by molar-refractivity contribution is 6.01. The molecule has 0 aromatic heterocycles. The molecule has 3 rings (SSSR count). The molecule has 2 amide bonds. The van der Waals surface area contributed by atoms with Crippen LogP contribution in [0.2, 0.25) is 0 Å². The zero-order valence-corrected chi connectivity index (χ0v) is 16.5. The fraction of sp³-hybridized carbons (Fsp3) is 0.524. The summed E-state index contributed by atoms with van der Waals surface area (Å²) >= 11 is 0. The first-order chi connectivity index (χ1) is 13.8. The Hall–Kier alpha value is -2.90. The zero-order chi connectivity index (χ0) is 21.0. The Balaban J connectivity index is 1.54. The summed E-state index contributed by atoms with van der Waals surface area (Å²) < 4.78 is 0. The van der Waals surface area contributed by atoms with Gasteiger partial charge in [-0.05, 0) is 56.4 Å². The Labute approximate surface area is 170 Å². The highest BCUT2D eigenvalue weighted by atomic mass is 16.4. The van der Waals surface area contributed by atoms with E-state index in [1.54, 1.807) is 17.0 Å². The average Bonchev–Trinajstić information content (AvgIpc) is 3.01. The van der Waals surface area contributed by atoms with Gasteiger partial charge in [0.2, 0.25) is 11.8 Å². The van der Waals surface area contributed by atoms with Crippen LogP contribution in [0.1, 0.15) is 50.5 Å². The third-order valence-corrected chi connectivity index (χ3v) is 6.11. The van der Waals surface area contributed by atoms with E-state index in [9.17, 15) is 14.4 Å². The van der Waals surface area contributed by atoms with Crippen LogP contribution in [0.3, 0.4) is 0 Å². The minimum Gasteiger partial charge on any atom is -0.481 e. The van der Waals surface area contributed by atoms with Gasteiger partial charge in [-0.3, -0.25) is 19.8 Å². The largest absolute Gasteiger partial charge is 0.481 e. The van der Waals surface area contributed by atoms with Crippen LogP contribution in [-0.4, -0.2) is 53.3 Å². The molecule has 1 aromatic rings. The number of amidine groups is 1. The zero-order valence-electron chi connectivity index (χ0n) is 16.5. The van der Waals surface area contributed by atoms with E-state index < -0.39 is 11.4 Å². The maximum Gasteiger partial charge on any atom is 0.303 e. The number of carbonyl (C=O) groups excluding carboxylic acids is 2. The van der Waals surface area contributed by atoms with Gasteiger partial charge in [0.15, 0.2) is 0 Å². The van der Waals surface area contributed by atoms with Gasteiger partial charge in [-0.2, -0.15) is 0 Å². The van der Waals surface area contributed by atoms with Crippen molar-refractivity contribution in [3.05, 3.63) is 29.8 Å². The molecule has 29 heavy (non-hydrogen) atoms. The molecule has 156 valence electrons. The Morgan fingerprint density at radius 2 is 1.62 bits per heavy atom. The lowest BCUT2D eigenvalue weighted by Gasteiger charge is -2.38. The lowest BCUT2D eigenvalue weighted by Crippen LogP contribution is -2.46. The minimum absolute atomic E-state index is 0.000711. The van der Waals surface area contributed by atoms with E-state index in [2.05, 4.69) is 0 Å². The third kappa shape index (κ3) is 4.58. The van der Waals surface area contributed by atoms with E-state index in [1.165, 1.54) is 0 Å². The molecule has 0 unspecified atom stereocenters. The van der Waals surface area contributed by atoms with Gasteiger partial charge in [0.05, 0.1) is 5.41 Å². The van der Waals surface area contributed by atoms with E-state index in [0.29, 0.717) is 57.3 Å². The maximum absolute atomic E-state index is 13.2. The van der Waals surface area contributed by atoms with Gasteiger partial charge in [-0.15, -0.1) is 0 Å². The van der Waals surface area contributed by atoms with Crippen molar-refractivity contribution in [2.75, 3.05) is 24.5 Å². The van der Waals surface area contributed by atoms with Gasteiger partial charge >= 0.3 is 5.97 Å². The second kappa shape index (κ2) is 8.63. The summed E-state index contributed by atoms with van der Waals surface area (Å²) in [7, 11) is 0. The molecule has 2 heterocycles. The van der Waals surface area contributed by atoms with Crippen LogP contribution in [0.15, 0.2) is 24.3 Å². The SMILES string of the molecule is N=C(N)c1ccc(N2CCC3(CCN(C(=O)CCCCC(=O)O)CC3)C2=O)cc1. The quantitative estimate of drug-likeness (QED) is 0.366. The number of hydrogen-bond donors (Lipinski definition) is 3. The molecule has 1 spiro atoms. The number of rotatable bonds is 7. The number of benzene rings is 1. The van der Waals surface area contributed by atoms with Crippen molar-refractivity contribution in [1.82, 2.24) is 4.90 Å². The molecule has 0 aliphatic carbocycles. The summed E-state index contributed by atoms with van der Waals surface area (Å²) in [4.78, 5) is 39.7. The summed E-state index contributed by atoms with van der Waals surface area (Å²) in [6.07, 6.45) is 3.64. The van der Waals surface area contributed by atoms with E-state index >= 15 is 0 Å². The van der Waals surface area contributed by atoms with Crippen LogP contribution in [0.5, 0.6) is 0 Å². The average molecular weight is 400 g/mol. The van der Waals surface area contributed by atoms with Gasteiger partial charge in [0, 0.05) is 43.7 Å². The van der Waals surface area contributed by atoms with Crippen LogP contribution < -0.4 is 10.6 Å². The van der Waals surface area contributed by atoms with Crippen LogP contribution >= 0.6 is 0 Å². The van der Waals surface area contributed by atoms with Gasteiger partial charge in [0.1, 0.15) is 5.84 Å². The molecule has 2 saturated heterocycles. The van der Waals surface area contributed by atoms with Gasteiger partial charge in [-0.25, -0.2) is 0 Å². The van der Waals surface area contributed by atoms with E-state index in [1.807, 2.05) is 17.0 Å². The van der Waals surface area contributed by atoms with Crippen LogP contribution in [0, 0.1) is 10.8 Å². The van der Waals surface area contributed by atoms with Crippen molar-refractivity contribution in [3.63, 3.8) is 0 Å². The number of carboxylic acid groups (broad SMARTS) is 1. The highest BCUT2D eigenvalue weighted by Gasteiger charge is 2.48. The Morgan fingerprint density at radius 1 is 1.03 bits per heavy atom. The smallest absolute Gasteiger partial charge is 0.303 e. The van der Waals surface area contributed by atoms with Gasteiger partial charge < -0.3 is 20.6 Å². The highest BCUT2D eigenvalue weighted by Crippen LogP contribution is 2.43. The van der Waals surface area contributed by atoms with Crippen molar-refractivity contribution in [2.24, 2.45) is 11.1 Å². The summed E-state index contributed by atoms with van der Waals surface area (Å²) in [6.45, 7) is 1.79. The first kappa shape index (κ1) is 20.8. The fourth-order valence-electron chi connectivity index (χ4n) is 4.25. The Morgan fingerprint density at radius 3 is 2.21 bits per heavy atom.